The van der Waals surface area contributed by atoms with Crippen LogP contribution in [0.4, 0.5) is 0 Å². The van der Waals surface area contributed by atoms with Gasteiger partial charge in [-0.2, -0.15) is 0 Å². The first-order valence-electron chi connectivity index (χ1n) is 8.49. The van der Waals surface area contributed by atoms with Crippen LogP contribution in [0.2, 0.25) is 0 Å². The predicted molar refractivity (Wildman–Crippen MR) is 98.0 cm³/mol. The first-order valence-corrected chi connectivity index (χ1v) is 8.49. The van der Waals surface area contributed by atoms with Gasteiger partial charge in [-0.15, -0.1) is 0 Å². The van der Waals surface area contributed by atoms with Crippen LogP contribution >= 0.6 is 0 Å². The van der Waals surface area contributed by atoms with Crippen molar-refractivity contribution in [2.24, 2.45) is 0 Å². The predicted octanol–water partition coefficient (Wildman–Crippen LogP) is 0.882. The topological polar surface area (TPSA) is 104 Å². The molecular formula is C18H20N6O2. The molecule has 134 valence electrons. The number of aromatic nitrogens is 3. The number of piperazine rings is 1. The molecule has 3 aromatic rings. The number of benzene rings is 1. The number of imidazole rings is 1. The summed E-state index contributed by atoms with van der Waals surface area (Å²) >= 11 is 0. The van der Waals surface area contributed by atoms with Crippen molar-refractivity contribution < 1.29 is 9.53 Å². The molecule has 4 rings (SSSR count). The fraction of sp³-hybridized carbons (Fsp3) is 0.278. The molecule has 0 bridgehead atoms. The summed E-state index contributed by atoms with van der Waals surface area (Å²) in [5, 5.41) is 9.50. The first kappa shape index (κ1) is 16.5. The largest absolute Gasteiger partial charge is 0.497 e. The maximum absolute atomic E-state index is 12.7. The van der Waals surface area contributed by atoms with E-state index < -0.39 is 0 Å². The lowest BCUT2D eigenvalue weighted by Gasteiger charge is -2.25. The summed E-state index contributed by atoms with van der Waals surface area (Å²) in [6.45, 7) is 2.42. The Morgan fingerprint density at radius 3 is 3.04 bits per heavy atom. The van der Waals surface area contributed by atoms with Crippen molar-refractivity contribution >= 4 is 16.9 Å². The number of ether oxygens (including phenoxy) is 1. The SMILES string of the molecule is COc1ccnc(-c2nc3c(C(=O)NC4CNCCN4)cccc3[nH]2)c1. The minimum atomic E-state index is -0.159. The highest BCUT2D eigenvalue weighted by Gasteiger charge is 2.19. The lowest BCUT2D eigenvalue weighted by atomic mass is 10.1. The summed E-state index contributed by atoms with van der Waals surface area (Å²) in [4.78, 5) is 24.9. The molecule has 0 aliphatic carbocycles. The number of rotatable bonds is 4. The second-order valence-electron chi connectivity index (χ2n) is 6.05. The molecule has 2 aromatic heterocycles. The number of para-hydroxylation sites is 1. The molecule has 1 aliphatic heterocycles. The quantitative estimate of drug-likeness (QED) is 0.556. The average molecular weight is 352 g/mol. The molecule has 26 heavy (non-hydrogen) atoms. The van der Waals surface area contributed by atoms with Crippen LogP contribution in [0.25, 0.3) is 22.6 Å². The number of hydrogen-bond acceptors (Lipinski definition) is 6. The summed E-state index contributed by atoms with van der Waals surface area (Å²) in [6.07, 6.45) is 1.57. The van der Waals surface area contributed by atoms with Crippen LogP contribution in [0.15, 0.2) is 36.5 Å². The Hall–Kier alpha value is -2.97. The molecule has 1 atom stereocenters. The Labute approximate surface area is 150 Å². The zero-order chi connectivity index (χ0) is 17.9. The maximum atomic E-state index is 12.7. The van der Waals surface area contributed by atoms with Crippen molar-refractivity contribution in [1.29, 1.82) is 0 Å². The minimum Gasteiger partial charge on any atom is -0.497 e. The second kappa shape index (κ2) is 7.11. The van der Waals surface area contributed by atoms with Crippen molar-refractivity contribution in [2.45, 2.75) is 6.17 Å². The van der Waals surface area contributed by atoms with Crippen LogP contribution < -0.4 is 20.7 Å². The molecule has 1 aliphatic rings. The Kier molecular flexibility index (Phi) is 4.51. The van der Waals surface area contributed by atoms with Crippen molar-refractivity contribution in [3.8, 4) is 17.3 Å². The molecule has 0 saturated carbocycles. The Morgan fingerprint density at radius 2 is 2.23 bits per heavy atom. The van der Waals surface area contributed by atoms with E-state index in [1.54, 1.807) is 31.5 Å². The number of amides is 1. The van der Waals surface area contributed by atoms with E-state index in [2.05, 4.69) is 30.9 Å². The van der Waals surface area contributed by atoms with Crippen molar-refractivity contribution in [1.82, 2.24) is 30.9 Å². The summed E-state index contributed by atoms with van der Waals surface area (Å²) in [7, 11) is 1.61. The molecule has 1 aromatic carbocycles. The number of carbonyl (C=O) groups excluding carboxylic acids is 1. The van der Waals surface area contributed by atoms with E-state index in [1.165, 1.54) is 0 Å². The molecule has 0 spiro atoms. The Morgan fingerprint density at radius 1 is 1.31 bits per heavy atom. The van der Waals surface area contributed by atoms with Gasteiger partial charge in [0.25, 0.3) is 5.91 Å². The fourth-order valence-corrected chi connectivity index (χ4v) is 3.00. The second-order valence-corrected chi connectivity index (χ2v) is 6.05. The van der Waals surface area contributed by atoms with Crippen molar-refractivity contribution in [3.05, 3.63) is 42.1 Å². The summed E-state index contributed by atoms with van der Waals surface area (Å²) in [5.74, 6) is 1.13. The lowest BCUT2D eigenvalue weighted by Crippen LogP contribution is -2.57. The van der Waals surface area contributed by atoms with E-state index in [0.717, 1.165) is 18.6 Å². The number of fused-ring (bicyclic) bond motifs is 1. The molecule has 3 heterocycles. The van der Waals surface area contributed by atoms with Gasteiger partial charge in [-0.1, -0.05) is 6.07 Å². The lowest BCUT2D eigenvalue weighted by molar-refractivity contribution is 0.0926. The minimum absolute atomic E-state index is 0.0926. The van der Waals surface area contributed by atoms with Gasteiger partial charge < -0.3 is 20.4 Å². The molecular weight excluding hydrogens is 332 g/mol. The van der Waals surface area contributed by atoms with Gasteiger partial charge in [0.15, 0.2) is 5.82 Å². The highest BCUT2D eigenvalue weighted by atomic mass is 16.5. The van der Waals surface area contributed by atoms with Crippen molar-refractivity contribution in [3.63, 3.8) is 0 Å². The molecule has 0 radical (unpaired) electrons. The smallest absolute Gasteiger partial charge is 0.254 e. The summed E-state index contributed by atoms with van der Waals surface area (Å²) in [6, 6.07) is 9.08. The number of aromatic amines is 1. The van der Waals surface area contributed by atoms with Crippen LogP contribution in [0.1, 0.15) is 10.4 Å². The maximum Gasteiger partial charge on any atom is 0.254 e. The van der Waals surface area contributed by atoms with Gasteiger partial charge in [0.05, 0.1) is 24.4 Å². The molecule has 4 N–H and O–H groups in total. The average Bonchev–Trinajstić information content (AvgIpc) is 3.13. The van der Waals surface area contributed by atoms with Gasteiger partial charge in [0, 0.05) is 31.9 Å². The van der Waals surface area contributed by atoms with E-state index >= 15 is 0 Å². The third-order valence-electron chi connectivity index (χ3n) is 4.31. The number of H-pyrrole nitrogens is 1. The number of hydrogen-bond donors (Lipinski definition) is 4. The molecule has 8 nitrogen and oxygen atoms in total. The summed E-state index contributed by atoms with van der Waals surface area (Å²) in [5.41, 5.74) is 2.59. The van der Waals surface area contributed by atoms with E-state index in [4.69, 9.17) is 4.74 Å². The third-order valence-corrected chi connectivity index (χ3v) is 4.31. The number of nitrogens with zero attached hydrogens (tertiary/aromatic N) is 2. The molecule has 1 unspecified atom stereocenters. The zero-order valence-corrected chi connectivity index (χ0v) is 14.4. The van der Waals surface area contributed by atoms with E-state index in [0.29, 0.717) is 34.9 Å². The van der Waals surface area contributed by atoms with Crippen LogP contribution in [0, 0.1) is 0 Å². The van der Waals surface area contributed by atoms with Crippen LogP contribution in [0.3, 0.4) is 0 Å². The zero-order valence-electron chi connectivity index (χ0n) is 14.4. The number of nitrogens with one attached hydrogen (secondary N) is 4. The standard InChI is InChI=1S/C18H20N6O2/c1-26-11-5-6-20-14(9-11)17-22-13-4-2-3-12(16(13)24-17)18(25)23-15-10-19-7-8-21-15/h2-6,9,15,19,21H,7-8,10H2,1H3,(H,22,24)(H,23,25). The van der Waals surface area contributed by atoms with E-state index in [9.17, 15) is 4.79 Å². The highest BCUT2D eigenvalue weighted by Crippen LogP contribution is 2.24. The van der Waals surface area contributed by atoms with E-state index in [1.807, 2.05) is 12.1 Å². The van der Waals surface area contributed by atoms with E-state index in [-0.39, 0.29) is 12.1 Å². The monoisotopic (exact) mass is 352 g/mol. The van der Waals surface area contributed by atoms with Gasteiger partial charge >= 0.3 is 0 Å². The van der Waals surface area contributed by atoms with Gasteiger partial charge in [0.2, 0.25) is 0 Å². The third kappa shape index (κ3) is 3.24. The van der Waals surface area contributed by atoms with Gasteiger partial charge in [-0.05, 0) is 18.2 Å². The molecule has 1 saturated heterocycles. The molecule has 1 fully saturated rings. The van der Waals surface area contributed by atoms with Crippen LogP contribution in [-0.4, -0.2) is 53.8 Å². The van der Waals surface area contributed by atoms with Crippen molar-refractivity contribution in [2.75, 3.05) is 26.7 Å². The highest BCUT2D eigenvalue weighted by molar-refractivity contribution is 6.05. The van der Waals surface area contributed by atoms with Gasteiger partial charge in [0.1, 0.15) is 17.0 Å². The summed E-state index contributed by atoms with van der Waals surface area (Å²) < 4.78 is 5.24. The van der Waals surface area contributed by atoms with Crippen LogP contribution in [-0.2, 0) is 0 Å². The van der Waals surface area contributed by atoms with Crippen LogP contribution in [0.5, 0.6) is 5.75 Å². The first-order chi connectivity index (χ1) is 12.7. The van der Waals surface area contributed by atoms with Gasteiger partial charge in [-0.25, -0.2) is 4.98 Å². The Balaban J connectivity index is 1.65. The van der Waals surface area contributed by atoms with Gasteiger partial charge in [-0.3, -0.25) is 15.1 Å². The number of pyridine rings is 1. The molecule has 8 heteroatoms. The molecule has 1 amide bonds. The number of methoxy groups -OCH3 is 1. The normalized spacial score (nSPS) is 17.2. The Bertz CT molecular complexity index is 932. The number of carbonyl (C=O) groups is 1. The fourth-order valence-electron chi connectivity index (χ4n) is 3.00.